The number of carbonyl (C=O) groups is 1. The maximum absolute atomic E-state index is 12.3. The summed E-state index contributed by atoms with van der Waals surface area (Å²) < 4.78 is 0. The van der Waals surface area contributed by atoms with Gasteiger partial charge in [0.05, 0.1) is 0 Å². The van der Waals surface area contributed by atoms with Gasteiger partial charge in [0, 0.05) is 24.5 Å². The summed E-state index contributed by atoms with van der Waals surface area (Å²) in [6, 6.07) is 0.377. The van der Waals surface area contributed by atoms with Gasteiger partial charge in [-0.15, -0.1) is 0 Å². The Morgan fingerprint density at radius 1 is 1.21 bits per heavy atom. The topological polar surface area (TPSA) is 58.4 Å². The molecule has 3 aliphatic heterocycles. The first kappa shape index (κ1) is 13.4. The van der Waals surface area contributed by atoms with Crippen molar-refractivity contribution >= 4 is 5.91 Å². The second-order valence-electron chi connectivity index (χ2n) is 6.91. The smallest absolute Gasteiger partial charge is 0.222 e. The maximum Gasteiger partial charge on any atom is 0.222 e. The Bertz CT molecular complexity index is 330. The molecule has 0 aromatic carbocycles. The van der Waals surface area contributed by atoms with Gasteiger partial charge in [0.25, 0.3) is 0 Å². The Morgan fingerprint density at radius 2 is 1.89 bits per heavy atom. The zero-order valence-electron chi connectivity index (χ0n) is 11.9. The summed E-state index contributed by atoms with van der Waals surface area (Å²) in [6.45, 7) is 3.49. The highest BCUT2D eigenvalue weighted by Gasteiger charge is 2.36. The van der Waals surface area contributed by atoms with E-state index in [1.807, 2.05) is 0 Å². The molecular weight excluding hydrogens is 238 g/mol. The Labute approximate surface area is 116 Å². The molecule has 1 atom stereocenters. The van der Waals surface area contributed by atoms with E-state index in [9.17, 15) is 4.79 Å². The van der Waals surface area contributed by atoms with Gasteiger partial charge in [-0.2, -0.15) is 0 Å². The molecule has 108 valence electrons. The predicted molar refractivity (Wildman–Crippen MR) is 75.7 cm³/mol. The quantitative estimate of drug-likeness (QED) is 0.807. The van der Waals surface area contributed by atoms with Gasteiger partial charge in [0.2, 0.25) is 5.91 Å². The number of nitrogens with two attached hydrogens (primary N) is 1. The van der Waals surface area contributed by atoms with Crippen LogP contribution in [0.4, 0.5) is 0 Å². The van der Waals surface area contributed by atoms with Crippen LogP contribution in [0.5, 0.6) is 0 Å². The van der Waals surface area contributed by atoms with Gasteiger partial charge in [-0.1, -0.05) is 19.3 Å². The number of amides is 1. The molecule has 0 aromatic rings. The zero-order valence-corrected chi connectivity index (χ0v) is 11.9. The summed E-state index contributed by atoms with van der Waals surface area (Å²) in [7, 11) is 0. The summed E-state index contributed by atoms with van der Waals surface area (Å²) >= 11 is 0. The van der Waals surface area contributed by atoms with E-state index >= 15 is 0 Å². The fourth-order valence-electron chi connectivity index (χ4n) is 4.14. The molecule has 1 saturated carbocycles. The van der Waals surface area contributed by atoms with Crippen LogP contribution >= 0.6 is 0 Å². The zero-order chi connectivity index (χ0) is 13.3. The van der Waals surface area contributed by atoms with Crippen LogP contribution < -0.4 is 11.1 Å². The fourth-order valence-corrected chi connectivity index (χ4v) is 4.14. The number of nitrogens with zero attached hydrogens (tertiary/aromatic N) is 1. The molecule has 0 aromatic heterocycles. The lowest BCUT2D eigenvalue weighted by Gasteiger charge is -2.45. The molecule has 4 fully saturated rings. The monoisotopic (exact) mass is 265 g/mol. The summed E-state index contributed by atoms with van der Waals surface area (Å²) in [4.78, 5) is 14.7. The Morgan fingerprint density at radius 3 is 2.47 bits per heavy atom. The van der Waals surface area contributed by atoms with Crippen LogP contribution in [0, 0.1) is 5.92 Å². The van der Waals surface area contributed by atoms with Crippen LogP contribution in [-0.4, -0.2) is 42.0 Å². The van der Waals surface area contributed by atoms with E-state index < -0.39 is 0 Å². The highest BCUT2D eigenvalue weighted by molar-refractivity contribution is 5.77. The molecule has 19 heavy (non-hydrogen) atoms. The molecule has 2 bridgehead atoms. The number of fused-ring (bicyclic) bond motifs is 3. The number of piperidine rings is 3. The van der Waals surface area contributed by atoms with Crippen molar-refractivity contribution in [2.75, 3.05) is 19.6 Å². The van der Waals surface area contributed by atoms with Gasteiger partial charge in [-0.25, -0.2) is 0 Å². The van der Waals surface area contributed by atoms with Crippen LogP contribution in [-0.2, 0) is 4.79 Å². The van der Waals surface area contributed by atoms with E-state index in [4.69, 9.17) is 5.73 Å². The lowest BCUT2D eigenvalue weighted by atomic mass is 9.79. The van der Waals surface area contributed by atoms with Crippen molar-refractivity contribution in [1.29, 1.82) is 0 Å². The summed E-state index contributed by atoms with van der Waals surface area (Å²) in [5, 5.41) is 3.26. The van der Waals surface area contributed by atoms with Gasteiger partial charge < -0.3 is 16.0 Å². The minimum atomic E-state index is -0.226. The highest BCUT2D eigenvalue weighted by Crippen LogP contribution is 2.30. The van der Waals surface area contributed by atoms with Crippen molar-refractivity contribution in [2.45, 2.75) is 62.9 Å². The molecule has 3 N–H and O–H groups in total. The van der Waals surface area contributed by atoms with Crippen molar-refractivity contribution in [1.82, 2.24) is 10.2 Å². The van der Waals surface area contributed by atoms with Crippen LogP contribution in [0.3, 0.4) is 0 Å². The highest BCUT2D eigenvalue weighted by atomic mass is 16.1. The molecule has 0 spiro atoms. The first-order chi connectivity index (χ1) is 9.15. The van der Waals surface area contributed by atoms with Crippen LogP contribution in [0.1, 0.15) is 51.4 Å². The van der Waals surface area contributed by atoms with Gasteiger partial charge in [-0.3, -0.25) is 4.79 Å². The van der Waals surface area contributed by atoms with E-state index in [2.05, 4.69) is 10.2 Å². The molecule has 0 radical (unpaired) electrons. The maximum atomic E-state index is 12.3. The molecule has 4 rings (SSSR count). The van der Waals surface area contributed by atoms with E-state index in [0.29, 0.717) is 18.4 Å². The fraction of sp³-hybridized carbons (Fsp3) is 0.933. The third-order valence-electron chi connectivity index (χ3n) is 5.36. The third-order valence-corrected chi connectivity index (χ3v) is 5.36. The van der Waals surface area contributed by atoms with E-state index in [1.54, 1.807) is 0 Å². The molecule has 1 amide bonds. The van der Waals surface area contributed by atoms with E-state index in [1.165, 1.54) is 45.2 Å². The summed E-state index contributed by atoms with van der Waals surface area (Å²) in [5.41, 5.74) is 6.14. The van der Waals surface area contributed by atoms with Gasteiger partial charge >= 0.3 is 0 Å². The van der Waals surface area contributed by atoms with E-state index in [-0.39, 0.29) is 11.4 Å². The first-order valence-corrected chi connectivity index (χ1v) is 7.95. The minimum absolute atomic E-state index is 0.183. The summed E-state index contributed by atoms with van der Waals surface area (Å²) in [6.07, 6.45) is 8.70. The largest absolute Gasteiger partial charge is 0.352 e. The number of carbonyl (C=O) groups excluding carboxylic acids is 1. The second kappa shape index (κ2) is 5.41. The number of rotatable bonds is 3. The predicted octanol–water partition coefficient (Wildman–Crippen LogP) is 1.25. The van der Waals surface area contributed by atoms with Gasteiger partial charge in [0.1, 0.15) is 0 Å². The van der Waals surface area contributed by atoms with Crippen molar-refractivity contribution in [3.8, 4) is 0 Å². The van der Waals surface area contributed by atoms with Crippen molar-refractivity contribution < 1.29 is 4.79 Å². The van der Waals surface area contributed by atoms with Gasteiger partial charge in [-0.05, 0) is 44.7 Å². The number of hydrogen-bond acceptors (Lipinski definition) is 3. The van der Waals surface area contributed by atoms with Crippen molar-refractivity contribution in [3.05, 3.63) is 0 Å². The minimum Gasteiger partial charge on any atom is -0.352 e. The average molecular weight is 265 g/mol. The normalized spacial score (nSPS) is 37.0. The van der Waals surface area contributed by atoms with Crippen LogP contribution in [0.25, 0.3) is 0 Å². The Hall–Kier alpha value is -0.610. The summed E-state index contributed by atoms with van der Waals surface area (Å²) in [5.74, 6) is 0.886. The Kier molecular flexibility index (Phi) is 3.81. The Balaban J connectivity index is 1.51. The van der Waals surface area contributed by atoms with Crippen molar-refractivity contribution in [3.63, 3.8) is 0 Å². The lowest BCUT2D eigenvalue weighted by Crippen LogP contribution is -2.58. The van der Waals surface area contributed by atoms with Crippen LogP contribution in [0.2, 0.25) is 0 Å². The first-order valence-electron chi connectivity index (χ1n) is 7.95. The molecule has 4 aliphatic rings. The molecule has 1 unspecified atom stereocenters. The number of hydrogen-bond donors (Lipinski definition) is 2. The lowest BCUT2D eigenvalue weighted by molar-refractivity contribution is -0.124. The molecule has 4 heteroatoms. The van der Waals surface area contributed by atoms with Crippen LogP contribution in [0.15, 0.2) is 0 Å². The standard InChI is InChI=1S/C15H27N3O/c16-15(6-2-1-3-7-15)10-14(19)17-13-11-18-8-4-12(13)5-9-18/h12-13H,1-11,16H2,(H,17,19). The SMILES string of the molecule is NC1(CC(=O)NC2CN3CCC2CC3)CCCCC1. The molecular formula is C15H27N3O. The second-order valence-corrected chi connectivity index (χ2v) is 6.91. The molecule has 1 aliphatic carbocycles. The number of nitrogens with one attached hydrogen (secondary N) is 1. The molecule has 4 nitrogen and oxygen atoms in total. The third kappa shape index (κ3) is 3.11. The van der Waals surface area contributed by atoms with Crippen molar-refractivity contribution in [2.24, 2.45) is 11.7 Å². The molecule has 3 heterocycles. The van der Waals surface area contributed by atoms with Gasteiger partial charge in [0.15, 0.2) is 0 Å². The van der Waals surface area contributed by atoms with E-state index in [0.717, 1.165) is 19.4 Å². The average Bonchev–Trinajstić information content (AvgIpc) is 2.40. The molecule has 3 saturated heterocycles.